The molecule has 0 amide bonds. The van der Waals surface area contributed by atoms with Crippen LogP contribution in [0.25, 0.3) is 6.08 Å². The predicted octanol–water partition coefficient (Wildman–Crippen LogP) is 2.24. The van der Waals surface area contributed by atoms with Gasteiger partial charge in [-0.3, -0.25) is 4.79 Å². The number of rotatable bonds is 4. The van der Waals surface area contributed by atoms with Crippen molar-refractivity contribution in [1.29, 1.82) is 0 Å². The van der Waals surface area contributed by atoms with E-state index in [0.29, 0.717) is 19.6 Å². The summed E-state index contributed by atoms with van der Waals surface area (Å²) in [7, 11) is 4.03. The molecule has 1 atom stereocenters. The van der Waals surface area contributed by atoms with Crippen LogP contribution in [0.5, 0.6) is 0 Å². The van der Waals surface area contributed by atoms with Gasteiger partial charge in [-0.15, -0.1) is 0 Å². The van der Waals surface area contributed by atoms with Crippen molar-refractivity contribution in [3.05, 3.63) is 35.5 Å². The molecule has 0 bridgehead atoms. The van der Waals surface area contributed by atoms with E-state index in [1.807, 2.05) is 27.1 Å². The van der Waals surface area contributed by atoms with Gasteiger partial charge < -0.3 is 14.6 Å². The van der Waals surface area contributed by atoms with Crippen molar-refractivity contribution in [2.75, 3.05) is 32.1 Å². The molecule has 0 aliphatic carbocycles. The number of piperidine rings is 1. The molecule has 1 aliphatic heterocycles. The van der Waals surface area contributed by atoms with Crippen LogP contribution < -0.4 is 10.7 Å². The highest BCUT2D eigenvalue weighted by Crippen LogP contribution is 2.26. The molecule has 1 fully saturated rings. The molecule has 5 nitrogen and oxygen atoms in total. The molecular weight excluding hydrogens is 278 g/mol. The first-order valence-corrected chi connectivity index (χ1v) is 7.68. The molecule has 1 aromatic carbocycles. The lowest BCUT2D eigenvalue weighted by atomic mass is 9.94. The van der Waals surface area contributed by atoms with Gasteiger partial charge in [0.05, 0.1) is 12.5 Å². The smallest absolute Gasteiger partial charge is 0.309 e. The second-order valence-electron chi connectivity index (χ2n) is 5.76. The number of esters is 1. The molecule has 0 aromatic heterocycles. The Morgan fingerprint density at radius 3 is 2.68 bits per heavy atom. The zero-order chi connectivity index (χ0) is 16.1. The lowest BCUT2D eigenvalue weighted by Crippen LogP contribution is -2.39. The SMILES string of the molecule is CCOC(=O)C1CCN(N)C(=Cc2ccc(N(C)C)cc2)C1. The first-order chi connectivity index (χ1) is 10.5. The third-order valence-corrected chi connectivity index (χ3v) is 3.91. The quantitative estimate of drug-likeness (QED) is 0.683. The number of nitrogens with zero attached hydrogens (tertiary/aromatic N) is 2. The van der Waals surface area contributed by atoms with Gasteiger partial charge in [-0.2, -0.15) is 0 Å². The third-order valence-electron chi connectivity index (χ3n) is 3.91. The van der Waals surface area contributed by atoms with E-state index in [2.05, 4.69) is 29.2 Å². The summed E-state index contributed by atoms with van der Waals surface area (Å²) in [5.74, 6) is 5.83. The summed E-state index contributed by atoms with van der Waals surface area (Å²) in [6.45, 7) is 2.93. The molecular formula is C17H25N3O2. The topological polar surface area (TPSA) is 58.8 Å². The van der Waals surface area contributed by atoms with Gasteiger partial charge in [0, 0.05) is 38.4 Å². The highest BCUT2D eigenvalue weighted by atomic mass is 16.5. The van der Waals surface area contributed by atoms with Crippen LogP contribution in [0.4, 0.5) is 5.69 Å². The number of carbonyl (C=O) groups is 1. The van der Waals surface area contributed by atoms with Crippen molar-refractivity contribution < 1.29 is 9.53 Å². The van der Waals surface area contributed by atoms with Crippen molar-refractivity contribution in [1.82, 2.24) is 5.01 Å². The summed E-state index contributed by atoms with van der Waals surface area (Å²) in [6, 6.07) is 8.26. The van der Waals surface area contributed by atoms with Crippen molar-refractivity contribution in [2.24, 2.45) is 11.8 Å². The van der Waals surface area contributed by atoms with Crippen molar-refractivity contribution >= 4 is 17.7 Å². The lowest BCUT2D eigenvalue weighted by Gasteiger charge is -2.31. The van der Waals surface area contributed by atoms with E-state index in [9.17, 15) is 4.79 Å². The van der Waals surface area contributed by atoms with Crippen LogP contribution in [0, 0.1) is 5.92 Å². The summed E-state index contributed by atoms with van der Waals surface area (Å²) < 4.78 is 5.13. The van der Waals surface area contributed by atoms with Crippen LogP contribution in [0.15, 0.2) is 30.0 Å². The fourth-order valence-corrected chi connectivity index (χ4v) is 2.57. The predicted molar refractivity (Wildman–Crippen MR) is 89.0 cm³/mol. The van der Waals surface area contributed by atoms with Crippen LogP contribution in [0.2, 0.25) is 0 Å². The van der Waals surface area contributed by atoms with E-state index < -0.39 is 0 Å². The van der Waals surface area contributed by atoms with Crippen LogP contribution in [0.3, 0.4) is 0 Å². The molecule has 2 N–H and O–H groups in total. The summed E-state index contributed by atoms with van der Waals surface area (Å²) in [6.07, 6.45) is 3.42. The van der Waals surface area contributed by atoms with Gasteiger partial charge in [-0.05, 0) is 37.1 Å². The van der Waals surface area contributed by atoms with E-state index in [0.717, 1.165) is 23.4 Å². The van der Waals surface area contributed by atoms with Crippen molar-refractivity contribution in [3.63, 3.8) is 0 Å². The fourth-order valence-electron chi connectivity index (χ4n) is 2.57. The molecule has 1 aromatic rings. The van der Waals surface area contributed by atoms with E-state index >= 15 is 0 Å². The molecule has 2 rings (SSSR count). The zero-order valence-electron chi connectivity index (χ0n) is 13.6. The number of nitrogens with two attached hydrogens (primary N) is 1. The van der Waals surface area contributed by atoms with Gasteiger partial charge in [0.15, 0.2) is 0 Å². The maximum absolute atomic E-state index is 11.9. The van der Waals surface area contributed by atoms with Gasteiger partial charge in [0.25, 0.3) is 0 Å². The Balaban J connectivity index is 2.12. The Labute approximate surface area is 132 Å². The summed E-state index contributed by atoms with van der Waals surface area (Å²) in [5.41, 5.74) is 3.21. The average Bonchev–Trinajstić information content (AvgIpc) is 2.50. The molecule has 1 aliphatic rings. The van der Waals surface area contributed by atoms with Gasteiger partial charge >= 0.3 is 5.97 Å². The van der Waals surface area contributed by atoms with Crippen LogP contribution in [0.1, 0.15) is 25.3 Å². The Morgan fingerprint density at radius 1 is 1.41 bits per heavy atom. The second kappa shape index (κ2) is 7.31. The maximum Gasteiger partial charge on any atom is 0.309 e. The highest BCUT2D eigenvalue weighted by molar-refractivity contribution is 5.73. The summed E-state index contributed by atoms with van der Waals surface area (Å²) >= 11 is 0. The Morgan fingerprint density at radius 2 is 2.09 bits per heavy atom. The molecule has 1 unspecified atom stereocenters. The maximum atomic E-state index is 11.9. The van der Waals surface area contributed by atoms with Crippen molar-refractivity contribution in [3.8, 4) is 0 Å². The Kier molecular flexibility index (Phi) is 5.44. The van der Waals surface area contributed by atoms with Gasteiger partial charge in [-0.1, -0.05) is 12.1 Å². The number of hydrogen-bond donors (Lipinski definition) is 1. The number of benzene rings is 1. The first kappa shape index (κ1) is 16.4. The molecule has 1 heterocycles. The first-order valence-electron chi connectivity index (χ1n) is 7.68. The Bertz CT molecular complexity index is 537. The number of hydrazine groups is 1. The van der Waals surface area contributed by atoms with E-state index in [4.69, 9.17) is 10.6 Å². The van der Waals surface area contributed by atoms with E-state index in [1.165, 1.54) is 0 Å². The minimum atomic E-state index is -0.121. The Hall–Kier alpha value is -2.01. The minimum absolute atomic E-state index is 0.0907. The fraction of sp³-hybridized carbons (Fsp3) is 0.471. The molecule has 0 radical (unpaired) electrons. The van der Waals surface area contributed by atoms with Crippen LogP contribution in [-0.4, -0.2) is 38.2 Å². The normalized spacial score (nSPS) is 20.1. The van der Waals surface area contributed by atoms with Crippen LogP contribution >= 0.6 is 0 Å². The van der Waals surface area contributed by atoms with E-state index in [-0.39, 0.29) is 11.9 Å². The van der Waals surface area contributed by atoms with Gasteiger partial charge in [-0.25, -0.2) is 5.84 Å². The highest BCUT2D eigenvalue weighted by Gasteiger charge is 2.27. The number of ether oxygens (including phenoxy) is 1. The van der Waals surface area contributed by atoms with Crippen LogP contribution in [-0.2, 0) is 9.53 Å². The molecule has 0 spiro atoms. The number of carbonyl (C=O) groups excluding carboxylic acids is 1. The van der Waals surface area contributed by atoms with Gasteiger partial charge in [0.2, 0.25) is 0 Å². The second-order valence-corrected chi connectivity index (χ2v) is 5.76. The molecule has 1 saturated heterocycles. The standard InChI is InChI=1S/C17H25N3O2/c1-4-22-17(21)14-9-10-20(18)16(12-14)11-13-5-7-15(8-6-13)19(2)3/h5-8,11,14H,4,9-10,12,18H2,1-3H3. The van der Waals surface area contributed by atoms with E-state index in [1.54, 1.807) is 5.01 Å². The van der Waals surface area contributed by atoms with Gasteiger partial charge in [0.1, 0.15) is 0 Å². The average molecular weight is 303 g/mol. The molecule has 0 saturated carbocycles. The number of anilines is 1. The third kappa shape index (κ3) is 4.01. The van der Waals surface area contributed by atoms with Crippen molar-refractivity contribution in [2.45, 2.75) is 19.8 Å². The molecule has 120 valence electrons. The largest absolute Gasteiger partial charge is 0.466 e. The number of allylic oxidation sites excluding steroid dienone is 1. The number of hydrogen-bond acceptors (Lipinski definition) is 5. The molecule has 22 heavy (non-hydrogen) atoms. The summed E-state index contributed by atoms with van der Waals surface area (Å²) in [5, 5.41) is 1.73. The molecule has 5 heteroatoms. The summed E-state index contributed by atoms with van der Waals surface area (Å²) in [4.78, 5) is 14.0. The zero-order valence-corrected chi connectivity index (χ0v) is 13.6. The lowest BCUT2D eigenvalue weighted by molar-refractivity contribution is -0.149. The monoisotopic (exact) mass is 303 g/mol. The minimum Gasteiger partial charge on any atom is -0.466 e.